The standard InChI is InChI=1S/C18H13N5O/c24-18(22-23-12-20-16-7-3-4-8-17(16)23)10-9-13-11-19-14-5-1-2-6-15(14)21-13/h1-12H,(H,22,24)/b10-9+. The van der Waals surface area contributed by atoms with E-state index in [0.717, 1.165) is 22.1 Å². The third kappa shape index (κ3) is 2.72. The Morgan fingerprint density at radius 2 is 1.71 bits per heavy atom. The van der Waals surface area contributed by atoms with Gasteiger partial charge in [0.15, 0.2) is 0 Å². The van der Waals surface area contributed by atoms with E-state index in [4.69, 9.17) is 0 Å². The minimum absolute atomic E-state index is 0.270. The van der Waals surface area contributed by atoms with Crippen LogP contribution in [0.5, 0.6) is 0 Å². The van der Waals surface area contributed by atoms with Crippen LogP contribution in [-0.4, -0.2) is 25.5 Å². The number of imidazole rings is 1. The molecule has 0 spiro atoms. The fourth-order valence-electron chi connectivity index (χ4n) is 2.42. The largest absolute Gasteiger partial charge is 0.268 e. The molecule has 4 rings (SSSR count). The molecule has 24 heavy (non-hydrogen) atoms. The summed E-state index contributed by atoms with van der Waals surface area (Å²) in [6, 6.07) is 15.2. The molecule has 0 aliphatic rings. The summed E-state index contributed by atoms with van der Waals surface area (Å²) in [4.78, 5) is 25.1. The second kappa shape index (κ2) is 5.92. The molecule has 0 saturated heterocycles. The molecule has 0 unspecified atom stereocenters. The van der Waals surface area contributed by atoms with Crippen LogP contribution in [0.4, 0.5) is 0 Å². The van der Waals surface area contributed by atoms with Crippen LogP contribution in [-0.2, 0) is 4.79 Å². The minimum Gasteiger partial charge on any atom is -0.268 e. The molecule has 0 fully saturated rings. The van der Waals surface area contributed by atoms with E-state index in [9.17, 15) is 4.79 Å². The van der Waals surface area contributed by atoms with Crippen LogP contribution in [0, 0.1) is 0 Å². The Labute approximate surface area is 137 Å². The number of carbonyl (C=O) groups excluding carboxylic acids is 1. The summed E-state index contributed by atoms with van der Waals surface area (Å²) in [5.41, 5.74) is 6.65. The monoisotopic (exact) mass is 315 g/mol. The third-order valence-electron chi connectivity index (χ3n) is 3.56. The van der Waals surface area contributed by atoms with Crippen molar-refractivity contribution in [2.75, 3.05) is 5.43 Å². The Hall–Kier alpha value is -3.54. The number of benzene rings is 2. The lowest BCUT2D eigenvalue weighted by Crippen LogP contribution is -2.19. The molecule has 0 bridgehead atoms. The van der Waals surface area contributed by atoms with Gasteiger partial charge in [-0.15, -0.1) is 0 Å². The van der Waals surface area contributed by atoms with Crippen molar-refractivity contribution in [3.63, 3.8) is 0 Å². The number of hydrogen-bond acceptors (Lipinski definition) is 4. The molecule has 2 heterocycles. The number of amides is 1. The molecule has 116 valence electrons. The summed E-state index contributed by atoms with van der Waals surface area (Å²) < 4.78 is 1.59. The number of nitrogens with zero attached hydrogens (tertiary/aromatic N) is 4. The maximum atomic E-state index is 12.1. The van der Waals surface area contributed by atoms with Crippen molar-refractivity contribution < 1.29 is 4.79 Å². The van der Waals surface area contributed by atoms with Gasteiger partial charge in [0.25, 0.3) is 5.91 Å². The van der Waals surface area contributed by atoms with Gasteiger partial charge >= 0.3 is 0 Å². The van der Waals surface area contributed by atoms with Crippen molar-refractivity contribution in [1.82, 2.24) is 19.6 Å². The summed E-state index contributed by atoms with van der Waals surface area (Å²) in [6.07, 6.45) is 6.27. The van der Waals surface area contributed by atoms with E-state index in [2.05, 4.69) is 20.4 Å². The van der Waals surface area contributed by atoms with Crippen molar-refractivity contribution in [2.45, 2.75) is 0 Å². The van der Waals surface area contributed by atoms with Crippen molar-refractivity contribution in [3.8, 4) is 0 Å². The van der Waals surface area contributed by atoms with Gasteiger partial charge in [-0.2, -0.15) is 0 Å². The first-order valence-corrected chi connectivity index (χ1v) is 7.42. The summed E-state index contributed by atoms with van der Waals surface area (Å²) >= 11 is 0. The Kier molecular flexibility index (Phi) is 3.47. The van der Waals surface area contributed by atoms with E-state index in [1.807, 2.05) is 48.5 Å². The van der Waals surface area contributed by atoms with Crippen LogP contribution in [0.25, 0.3) is 28.1 Å². The maximum Gasteiger partial charge on any atom is 0.262 e. The number of hydrogen-bond donors (Lipinski definition) is 1. The predicted octanol–water partition coefficient (Wildman–Crippen LogP) is 2.76. The highest BCUT2D eigenvalue weighted by atomic mass is 16.2. The number of fused-ring (bicyclic) bond motifs is 2. The zero-order chi connectivity index (χ0) is 16.4. The van der Waals surface area contributed by atoms with Gasteiger partial charge in [-0.3, -0.25) is 15.2 Å². The molecule has 2 aromatic carbocycles. The van der Waals surface area contributed by atoms with Gasteiger partial charge in [0.05, 0.1) is 34.0 Å². The number of aromatic nitrogens is 4. The molecule has 0 radical (unpaired) electrons. The van der Waals surface area contributed by atoms with Crippen molar-refractivity contribution in [3.05, 3.63) is 72.8 Å². The van der Waals surface area contributed by atoms with Crippen LogP contribution in [0.3, 0.4) is 0 Å². The summed E-state index contributed by atoms with van der Waals surface area (Å²) in [6.45, 7) is 0. The van der Waals surface area contributed by atoms with Crippen molar-refractivity contribution >= 4 is 34.1 Å². The third-order valence-corrected chi connectivity index (χ3v) is 3.56. The predicted molar refractivity (Wildman–Crippen MR) is 92.7 cm³/mol. The van der Waals surface area contributed by atoms with E-state index in [-0.39, 0.29) is 5.91 Å². The molecule has 6 heteroatoms. The highest BCUT2D eigenvalue weighted by molar-refractivity contribution is 5.98. The van der Waals surface area contributed by atoms with Gasteiger partial charge < -0.3 is 0 Å². The molecular weight excluding hydrogens is 302 g/mol. The van der Waals surface area contributed by atoms with E-state index >= 15 is 0 Å². The molecule has 1 amide bonds. The molecule has 0 aliphatic carbocycles. The highest BCUT2D eigenvalue weighted by Crippen LogP contribution is 2.11. The Morgan fingerprint density at radius 1 is 0.958 bits per heavy atom. The zero-order valence-corrected chi connectivity index (χ0v) is 12.6. The van der Waals surface area contributed by atoms with Gasteiger partial charge in [0.2, 0.25) is 0 Å². The van der Waals surface area contributed by atoms with Crippen molar-refractivity contribution in [1.29, 1.82) is 0 Å². The number of nitrogens with one attached hydrogen (secondary N) is 1. The van der Waals surface area contributed by atoms with Crippen LogP contribution < -0.4 is 5.43 Å². The lowest BCUT2D eigenvalue weighted by molar-refractivity contribution is -0.112. The quantitative estimate of drug-likeness (QED) is 0.590. The first-order chi connectivity index (χ1) is 11.8. The minimum atomic E-state index is -0.270. The van der Waals surface area contributed by atoms with Crippen LogP contribution in [0.2, 0.25) is 0 Å². The van der Waals surface area contributed by atoms with Gasteiger partial charge in [0.1, 0.15) is 6.33 Å². The average Bonchev–Trinajstić information content (AvgIpc) is 3.03. The van der Waals surface area contributed by atoms with E-state index in [1.54, 1.807) is 23.3 Å². The Morgan fingerprint density at radius 3 is 2.58 bits per heavy atom. The summed E-state index contributed by atoms with van der Waals surface area (Å²) in [5, 5.41) is 0. The van der Waals surface area contributed by atoms with E-state index < -0.39 is 0 Å². The van der Waals surface area contributed by atoms with Gasteiger partial charge in [-0.1, -0.05) is 24.3 Å². The van der Waals surface area contributed by atoms with Gasteiger partial charge in [0, 0.05) is 6.08 Å². The molecule has 0 saturated carbocycles. The van der Waals surface area contributed by atoms with Crippen LogP contribution in [0.15, 0.2) is 67.1 Å². The molecule has 4 aromatic rings. The maximum absolute atomic E-state index is 12.1. The molecular formula is C18H13N5O. The fourth-order valence-corrected chi connectivity index (χ4v) is 2.42. The SMILES string of the molecule is O=C(/C=C/c1cnc2ccccc2n1)Nn1cnc2ccccc21. The number of carbonyl (C=O) groups is 1. The first-order valence-electron chi connectivity index (χ1n) is 7.42. The normalized spacial score (nSPS) is 11.3. The average molecular weight is 315 g/mol. The highest BCUT2D eigenvalue weighted by Gasteiger charge is 2.03. The topological polar surface area (TPSA) is 72.7 Å². The second-order valence-electron chi connectivity index (χ2n) is 5.20. The number of rotatable bonds is 3. The van der Waals surface area contributed by atoms with E-state index in [0.29, 0.717) is 5.69 Å². The number of para-hydroxylation sites is 4. The Balaban J connectivity index is 1.53. The van der Waals surface area contributed by atoms with Crippen LogP contribution in [0.1, 0.15) is 5.69 Å². The van der Waals surface area contributed by atoms with Crippen molar-refractivity contribution in [2.24, 2.45) is 0 Å². The lowest BCUT2D eigenvalue weighted by Gasteiger charge is -2.03. The molecule has 0 atom stereocenters. The summed E-state index contributed by atoms with van der Waals surface area (Å²) in [5.74, 6) is -0.270. The molecule has 2 aromatic heterocycles. The van der Waals surface area contributed by atoms with Crippen LogP contribution >= 0.6 is 0 Å². The Bertz CT molecular complexity index is 1070. The smallest absolute Gasteiger partial charge is 0.262 e. The lowest BCUT2D eigenvalue weighted by atomic mass is 10.3. The van der Waals surface area contributed by atoms with Gasteiger partial charge in [-0.25, -0.2) is 14.6 Å². The molecule has 1 N–H and O–H groups in total. The fraction of sp³-hybridized carbons (Fsp3) is 0. The summed E-state index contributed by atoms with van der Waals surface area (Å²) in [7, 11) is 0. The van der Waals surface area contributed by atoms with E-state index in [1.165, 1.54) is 6.08 Å². The van der Waals surface area contributed by atoms with Gasteiger partial charge in [-0.05, 0) is 30.3 Å². The zero-order valence-electron chi connectivity index (χ0n) is 12.6. The molecule has 0 aliphatic heterocycles. The second-order valence-corrected chi connectivity index (χ2v) is 5.20. The first kappa shape index (κ1) is 14.1. The molecule has 6 nitrogen and oxygen atoms in total.